The molecule has 1 aliphatic heterocycles. The maximum atomic E-state index is 11.7. The third kappa shape index (κ3) is 10.2. The quantitative estimate of drug-likeness (QED) is 0.193. The summed E-state index contributed by atoms with van der Waals surface area (Å²) in [5.41, 5.74) is 1.12. The summed E-state index contributed by atoms with van der Waals surface area (Å²) in [6.45, 7) is 7.37. The SMILES string of the molecule is CCOCCCNC(=NCc1ccc(OC)cc1)NCCCN1CCCC1=O.I. The van der Waals surface area contributed by atoms with Gasteiger partial charge in [0.1, 0.15) is 5.75 Å². The van der Waals surface area contributed by atoms with Crippen molar-refractivity contribution in [3.05, 3.63) is 29.8 Å². The van der Waals surface area contributed by atoms with E-state index in [1.54, 1.807) is 7.11 Å². The van der Waals surface area contributed by atoms with Gasteiger partial charge in [-0.1, -0.05) is 12.1 Å². The van der Waals surface area contributed by atoms with E-state index in [0.29, 0.717) is 13.0 Å². The minimum absolute atomic E-state index is 0. The maximum Gasteiger partial charge on any atom is 0.222 e. The molecule has 2 N–H and O–H groups in total. The lowest BCUT2D eigenvalue weighted by molar-refractivity contribution is -0.127. The van der Waals surface area contributed by atoms with Crippen molar-refractivity contribution < 1.29 is 14.3 Å². The minimum Gasteiger partial charge on any atom is -0.497 e. The van der Waals surface area contributed by atoms with Gasteiger partial charge in [0.15, 0.2) is 5.96 Å². The Morgan fingerprint density at radius 1 is 1.17 bits per heavy atom. The molecule has 1 fully saturated rings. The van der Waals surface area contributed by atoms with Crippen LogP contribution in [0.1, 0.15) is 38.2 Å². The number of likely N-dealkylation sites (tertiary alicyclic amines) is 1. The van der Waals surface area contributed by atoms with Crippen LogP contribution in [0.5, 0.6) is 5.75 Å². The second kappa shape index (κ2) is 15.3. The van der Waals surface area contributed by atoms with E-state index in [1.807, 2.05) is 36.1 Å². The number of nitrogens with zero attached hydrogens (tertiary/aromatic N) is 2. The summed E-state index contributed by atoms with van der Waals surface area (Å²) in [5.74, 6) is 1.92. The highest BCUT2D eigenvalue weighted by Gasteiger charge is 2.18. The van der Waals surface area contributed by atoms with Gasteiger partial charge >= 0.3 is 0 Å². The average Bonchev–Trinajstić information content (AvgIpc) is 3.13. The van der Waals surface area contributed by atoms with Gasteiger partial charge in [-0.3, -0.25) is 4.79 Å². The van der Waals surface area contributed by atoms with E-state index in [0.717, 1.165) is 75.9 Å². The van der Waals surface area contributed by atoms with E-state index in [1.165, 1.54) is 0 Å². The van der Waals surface area contributed by atoms with Gasteiger partial charge in [-0.15, -0.1) is 24.0 Å². The first-order valence-corrected chi connectivity index (χ1v) is 10.2. The van der Waals surface area contributed by atoms with Crippen LogP contribution < -0.4 is 15.4 Å². The van der Waals surface area contributed by atoms with Crippen molar-refractivity contribution in [2.75, 3.05) is 46.5 Å². The van der Waals surface area contributed by atoms with Gasteiger partial charge in [0.2, 0.25) is 5.91 Å². The van der Waals surface area contributed by atoms with Gasteiger partial charge in [-0.05, 0) is 43.9 Å². The molecule has 1 aromatic carbocycles. The molecule has 164 valence electrons. The molecular formula is C21H35IN4O3. The van der Waals surface area contributed by atoms with E-state index in [4.69, 9.17) is 9.47 Å². The molecule has 8 heteroatoms. The number of hydrogen-bond acceptors (Lipinski definition) is 4. The zero-order chi connectivity index (χ0) is 20.0. The predicted molar refractivity (Wildman–Crippen MR) is 127 cm³/mol. The summed E-state index contributed by atoms with van der Waals surface area (Å²) in [4.78, 5) is 18.3. The molecule has 0 saturated carbocycles. The van der Waals surface area contributed by atoms with Crippen LogP contribution in [-0.2, 0) is 16.1 Å². The molecule has 0 spiro atoms. The van der Waals surface area contributed by atoms with Gasteiger partial charge in [-0.25, -0.2) is 4.99 Å². The summed E-state index contributed by atoms with van der Waals surface area (Å²) in [6, 6.07) is 7.93. The van der Waals surface area contributed by atoms with Crippen LogP contribution >= 0.6 is 24.0 Å². The lowest BCUT2D eigenvalue weighted by Gasteiger charge is -2.17. The number of nitrogens with one attached hydrogen (secondary N) is 2. The largest absolute Gasteiger partial charge is 0.497 e. The summed E-state index contributed by atoms with van der Waals surface area (Å²) in [6.07, 6.45) is 3.53. The number of guanidine groups is 1. The molecule has 0 unspecified atom stereocenters. The standard InChI is InChI=1S/C21H34N4O3.HI/c1-3-28-16-6-13-23-21(22-12-5-15-25-14-4-7-20(25)26)24-17-18-8-10-19(27-2)11-9-18;/h8-11H,3-7,12-17H2,1-2H3,(H2,22,23,24);1H. The first kappa shape index (κ1) is 25.5. The van der Waals surface area contributed by atoms with Crippen molar-refractivity contribution in [2.24, 2.45) is 4.99 Å². The van der Waals surface area contributed by atoms with Crippen molar-refractivity contribution in [1.29, 1.82) is 0 Å². The number of methoxy groups -OCH3 is 1. The fourth-order valence-electron chi connectivity index (χ4n) is 3.02. The van der Waals surface area contributed by atoms with Gasteiger partial charge in [-0.2, -0.15) is 0 Å². The van der Waals surface area contributed by atoms with Crippen LogP contribution in [0.25, 0.3) is 0 Å². The predicted octanol–water partition coefficient (Wildman–Crippen LogP) is 2.79. The third-order valence-corrected chi connectivity index (χ3v) is 4.61. The third-order valence-electron chi connectivity index (χ3n) is 4.61. The Balaban J connectivity index is 0.00000420. The molecule has 0 bridgehead atoms. The molecule has 2 rings (SSSR count). The lowest BCUT2D eigenvalue weighted by Crippen LogP contribution is -2.39. The van der Waals surface area contributed by atoms with E-state index < -0.39 is 0 Å². The van der Waals surface area contributed by atoms with E-state index in [-0.39, 0.29) is 29.9 Å². The maximum absolute atomic E-state index is 11.7. The molecule has 0 aromatic heterocycles. The van der Waals surface area contributed by atoms with Crippen molar-refractivity contribution >= 4 is 35.8 Å². The number of amides is 1. The van der Waals surface area contributed by atoms with Gasteiger partial charge in [0.05, 0.1) is 13.7 Å². The summed E-state index contributed by atoms with van der Waals surface area (Å²) < 4.78 is 10.6. The summed E-state index contributed by atoms with van der Waals surface area (Å²) in [5, 5.41) is 6.74. The highest BCUT2D eigenvalue weighted by molar-refractivity contribution is 14.0. The molecule has 29 heavy (non-hydrogen) atoms. The second-order valence-corrected chi connectivity index (χ2v) is 6.75. The molecule has 0 radical (unpaired) electrons. The highest BCUT2D eigenvalue weighted by atomic mass is 127. The number of carbonyl (C=O) groups excluding carboxylic acids is 1. The van der Waals surface area contributed by atoms with Gasteiger partial charge in [0, 0.05) is 45.8 Å². The van der Waals surface area contributed by atoms with Crippen molar-refractivity contribution in [1.82, 2.24) is 15.5 Å². The first-order valence-electron chi connectivity index (χ1n) is 10.2. The van der Waals surface area contributed by atoms with Crippen molar-refractivity contribution in [2.45, 2.75) is 39.2 Å². The van der Waals surface area contributed by atoms with E-state index in [2.05, 4.69) is 15.6 Å². The Morgan fingerprint density at radius 3 is 2.52 bits per heavy atom. The number of carbonyl (C=O) groups is 1. The van der Waals surface area contributed by atoms with Crippen LogP contribution in [0.15, 0.2) is 29.3 Å². The van der Waals surface area contributed by atoms with E-state index >= 15 is 0 Å². The molecule has 0 aliphatic carbocycles. The van der Waals surface area contributed by atoms with E-state index in [9.17, 15) is 4.79 Å². The first-order chi connectivity index (χ1) is 13.7. The number of rotatable bonds is 12. The van der Waals surface area contributed by atoms with Gasteiger partial charge in [0.25, 0.3) is 0 Å². The molecule has 7 nitrogen and oxygen atoms in total. The molecular weight excluding hydrogens is 483 g/mol. The van der Waals surface area contributed by atoms with Crippen LogP contribution in [-0.4, -0.2) is 63.3 Å². The smallest absolute Gasteiger partial charge is 0.222 e. The molecule has 1 saturated heterocycles. The lowest BCUT2D eigenvalue weighted by atomic mass is 10.2. The van der Waals surface area contributed by atoms with Crippen LogP contribution in [0.4, 0.5) is 0 Å². The Bertz CT molecular complexity index is 610. The molecule has 1 heterocycles. The number of benzene rings is 1. The van der Waals surface area contributed by atoms with Crippen LogP contribution in [0.2, 0.25) is 0 Å². The number of halogens is 1. The molecule has 1 aliphatic rings. The van der Waals surface area contributed by atoms with Crippen molar-refractivity contribution in [3.63, 3.8) is 0 Å². The second-order valence-electron chi connectivity index (χ2n) is 6.75. The van der Waals surface area contributed by atoms with Gasteiger partial charge < -0.3 is 25.0 Å². The number of aliphatic imine (C=N–C) groups is 1. The highest BCUT2D eigenvalue weighted by Crippen LogP contribution is 2.12. The average molecular weight is 518 g/mol. The Kier molecular flexibility index (Phi) is 13.5. The Labute approximate surface area is 191 Å². The van der Waals surface area contributed by atoms with Crippen LogP contribution in [0.3, 0.4) is 0 Å². The zero-order valence-electron chi connectivity index (χ0n) is 17.6. The molecule has 0 atom stereocenters. The van der Waals surface area contributed by atoms with Crippen molar-refractivity contribution in [3.8, 4) is 5.75 Å². The Hall–Kier alpha value is -1.55. The minimum atomic E-state index is 0. The summed E-state index contributed by atoms with van der Waals surface area (Å²) in [7, 11) is 1.66. The zero-order valence-corrected chi connectivity index (χ0v) is 19.9. The number of hydrogen-bond donors (Lipinski definition) is 2. The van der Waals surface area contributed by atoms with Crippen LogP contribution in [0, 0.1) is 0 Å². The number of ether oxygens (including phenoxy) is 2. The molecule has 1 amide bonds. The monoisotopic (exact) mass is 518 g/mol. The summed E-state index contributed by atoms with van der Waals surface area (Å²) >= 11 is 0. The normalized spacial score (nSPS) is 13.9. The fourth-order valence-corrected chi connectivity index (χ4v) is 3.02. The molecule has 1 aromatic rings. The Morgan fingerprint density at radius 2 is 1.90 bits per heavy atom. The fraction of sp³-hybridized carbons (Fsp3) is 0.619. The topological polar surface area (TPSA) is 75.2 Å².